The van der Waals surface area contributed by atoms with Crippen LogP contribution in [0.3, 0.4) is 0 Å². The smallest absolute Gasteiger partial charge is 0.231 e. The van der Waals surface area contributed by atoms with E-state index in [1.807, 2.05) is 17.0 Å². The van der Waals surface area contributed by atoms with Crippen molar-refractivity contribution < 1.29 is 18.4 Å². The van der Waals surface area contributed by atoms with Gasteiger partial charge in [-0.3, -0.25) is 9.59 Å². The molecule has 3 aromatic rings. The molecule has 3 N–H and O–H groups in total. The molecule has 214 valence electrons. The quantitative estimate of drug-likeness (QED) is 0.463. The zero-order valence-corrected chi connectivity index (χ0v) is 23.0. The van der Waals surface area contributed by atoms with Crippen molar-refractivity contribution in [2.24, 2.45) is 5.92 Å². The Bertz CT molecular complexity index is 1390. The summed E-state index contributed by atoms with van der Waals surface area (Å²) in [5.74, 6) is 0.133. The number of pyridine rings is 1. The molecule has 0 bridgehead atoms. The molecule has 7 nitrogen and oxygen atoms in total. The van der Waals surface area contributed by atoms with Crippen LogP contribution in [-0.2, 0) is 20.5 Å². The molecule has 2 amide bonds. The number of carbonyl (C=O) groups is 2. The van der Waals surface area contributed by atoms with E-state index in [1.165, 1.54) is 24.3 Å². The molecule has 3 aliphatic rings. The fourth-order valence-electron chi connectivity index (χ4n) is 6.44. The normalized spacial score (nSPS) is 20.0. The number of rotatable bonds is 6. The number of hydrogen-bond acceptors (Lipinski definition) is 5. The predicted molar refractivity (Wildman–Crippen MR) is 153 cm³/mol. The van der Waals surface area contributed by atoms with Gasteiger partial charge in [0.25, 0.3) is 0 Å². The van der Waals surface area contributed by atoms with Gasteiger partial charge in [-0.05, 0) is 86.1 Å². The molecule has 2 saturated heterocycles. The first-order valence-corrected chi connectivity index (χ1v) is 14.4. The van der Waals surface area contributed by atoms with E-state index in [-0.39, 0.29) is 29.4 Å². The highest BCUT2D eigenvalue weighted by molar-refractivity contribution is 5.90. The summed E-state index contributed by atoms with van der Waals surface area (Å²) in [6.07, 6.45) is 5.58. The number of nitrogens with one attached hydrogen (secondary N) is 1. The zero-order valence-electron chi connectivity index (χ0n) is 23.0. The number of likely N-dealkylation sites (tertiary alicyclic amines) is 1. The molecule has 0 atom stereocenters. The number of amides is 2. The second kappa shape index (κ2) is 10.8. The zero-order chi connectivity index (χ0) is 28.6. The van der Waals surface area contributed by atoms with Crippen LogP contribution in [0.1, 0.15) is 49.7 Å². The monoisotopic (exact) mass is 559 g/mol. The average Bonchev–Trinajstić information content (AvgIpc) is 3.78. The highest BCUT2D eigenvalue weighted by Crippen LogP contribution is 2.47. The van der Waals surface area contributed by atoms with Crippen LogP contribution < -0.4 is 16.0 Å². The number of anilines is 2. The van der Waals surface area contributed by atoms with E-state index in [0.717, 1.165) is 55.7 Å². The van der Waals surface area contributed by atoms with Gasteiger partial charge in [0.1, 0.15) is 17.5 Å². The summed E-state index contributed by atoms with van der Waals surface area (Å²) in [4.78, 5) is 36.1. The Labute approximate surface area is 238 Å². The van der Waals surface area contributed by atoms with Crippen LogP contribution in [-0.4, -0.2) is 47.9 Å². The molecule has 1 aliphatic carbocycles. The summed E-state index contributed by atoms with van der Waals surface area (Å²) in [5, 5.41) is 3.28. The summed E-state index contributed by atoms with van der Waals surface area (Å²) in [7, 11) is 0. The summed E-state index contributed by atoms with van der Waals surface area (Å²) >= 11 is 0. The fraction of sp³-hybridized carbons (Fsp3) is 0.406. The number of nitrogens with zero attached hydrogens (tertiary/aromatic N) is 3. The minimum absolute atomic E-state index is 0.0691. The van der Waals surface area contributed by atoms with Crippen molar-refractivity contribution >= 4 is 23.3 Å². The molecule has 41 heavy (non-hydrogen) atoms. The molecule has 3 fully saturated rings. The number of benzene rings is 2. The molecule has 0 spiro atoms. The molecular weight excluding hydrogens is 524 g/mol. The van der Waals surface area contributed by atoms with Crippen molar-refractivity contribution in [3.8, 4) is 0 Å². The van der Waals surface area contributed by atoms with Gasteiger partial charge in [-0.1, -0.05) is 24.3 Å². The lowest BCUT2D eigenvalue weighted by atomic mass is 9.71. The first-order valence-electron chi connectivity index (χ1n) is 14.4. The van der Waals surface area contributed by atoms with E-state index in [0.29, 0.717) is 31.6 Å². The van der Waals surface area contributed by atoms with Crippen molar-refractivity contribution in [2.75, 3.05) is 36.8 Å². The third-order valence-corrected chi connectivity index (χ3v) is 9.20. The summed E-state index contributed by atoms with van der Waals surface area (Å²) in [5.41, 5.74) is 6.62. The highest BCUT2D eigenvalue weighted by Gasteiger charge is 2.51. The summed E-state index contributed by atoms with van der Waals surface area (Å²) in [6.45, 7) is 2.39. The number of nitrogen functional groups attached to an aromatic ring is 1. The number of piperidine rings is 2. The van der Waals surface area contributed by atoms with Crippen LogP contribution in [0.15, 0.2) is 66.9 Å². The predicted octanol–water partition coefficient (Wildman–Crippen LogP) is 4.52. The van der Waals surface area contributed by atoms with Crippen molar-refractivity contribution in [2.45, 2.75) is 49.5 Å². The van der Waals surface area contributed by atoms with E-state index >= 15 is 0 Å². The third kappa shape index (κ3) is 5.37. The second-order valence-electron chi connectivity index (χ2n) is 11.7. The van der Waals surface area contributed by atoms with Crippen LogP contribution in [0, 0.1) is 17.6 Å². The summed E-state index contributed by atoms with van der Waals surface area (Å²) in [6, 6.07) is 16.2. The lowest BCUT2D eigenvalue weighted by Crippen LogP contribution is -2.55. The minimum Gasteiger partial charge on any atom is -0.397 e. The van der Waals surface area contributed by atoms with E-state index in [9.17, 15) is 18.4 Å². The van der Waals surface area contributed by atoms with Gasteiger partial charge in [-0.2, -0.15) is 0 Å². The maximum absolute atomic E-state index is 14.1. The first-order chi connectivity index (χ1) is 19.8. The lowest BCUT2D eigenvalue weighted by Gasteiger charge is -2.43. The van der Waals surface area contributed by atoms with Crippen molar-refractivity contribution in [3.63, 3.8) is 0 Å². The van der Waals surface area contributed by atoms with Gasteiger partial charge in [-0.15, -0.1) is 0 Å². The molecule has 0 unspecified atom stereocenters. The maximum Gasteiger partial charge on any atom is 0.231 e. The Morgan fingerprint density at radius 3 is 1.93 bits per heavy atom. The van der Waals surface area contributed by atoms with Gasteiger partial charge in [-0.25, -0.2) is 13.8 Å². The fourth-order valence-corrected chi connectivity index (χ4v) is 6.44. The molecule has 9 heteroatoms. The molecule has 3 heterocycles. The van der Waals surface area contributed by atoms with Crippen LogP contribution in [0.2, 0.25) is 0 Å². The number of aromatic nitrogens is 1. The van der Waals surface area contributed by atoms with E-state index in [2.05, 4.69) is 15.2 Å². The Morgan fingerprint density at radius 1 is 0.805 bits per heavy atom. The third-order valence-electron chi connectivity index (χ3n) is 9.20. The highest BCUT2D eigenvalue weighted by atomic mass is 19.1. The van der Waals surface area contributed by atoms with Crippen LogP contribution in [0.25, 0.3) is 0 Å². The van der Waals surface area contributed by atoms with Crippen molar-refractivity contribution in [1.29, 1.82) is 0 Å². The molecule has 1 aromatic heterocycles. The Kier molecular flexibility index (Phi) is 7.13. The van der Waals surface area contributed by atoms with E-state index in [1.54, 1.807) is 30.5 Å². The van der Waals surface area contributed by atoms with Gasteiger partial charge in [0, 0.05) is 32.1 Å². The van der Waals surface area contributed by atoms with Gasteiger partial charge in [0.05, 0.1) is 22.8 Å². The van der Waals surface area contributed by atoms with Crippen LogP contribution in [0.5, 0.6) is 0 Å². The molecule has 1 saturated carbocycles. The Morgan fingerprint density at radius 2 is 1.39 bits per heavy atom. The maximum atomic E-state index is 14.1. The number of halogens is 2. The SMILES string of the molecule is Nc1ccc(N2CCC(C(=O)N3CCC(C(=O)NC4(c5ccc(F)cc5)CC4)(c4ccc(F)cc4)CC3)CC2)nc1. The molecule has 2 aliphatic heterocycles. The van der Waals surface area contributed by atoms with Crippen LogP contribution >= 0.6 is 0 Å². The van der Waals surface area contributed by atoms with Gasteiger partial charge in [0.15, 0.2) is 0 Å². The Hall–Kier alpha value is -4.01. The summed E-state index contributed by atoms with van der Waals surface area (Å²) < 4.78 is 27.4. The topological polar surface area (TPSA) is 91.6 Å². The van der Waals surface area contributed by atoms with Crippen LogP contribution in [0.4, 0.5) is 20.3 Å². The largest absolute Gasteiger partial charge is 0.397 e. The molecular formula is C32H35F2N5O2. The first kappa shape index (κ1) is 27.2. The van der Waals surface area contributed by atoms with Gasteiger partial charge in [0.2, 0.25) is 11.8 Å². The minimum atomic E-state index is -0.885. The van der Waals surface area contributed by atoms with Crippen molar-refractivity contribution in [1.82, 2.24) is 15.2 Å². The standard InChI is InChI=1S/C32H35F2N5O2/c33-25-5-1-23(2-6-25)31(30(41)37-32(13-14-32)24-3-7-26(34)8-4-24)15-19-39(20-16-31)29(40)22-11-17-38(18-12-22)28-10-9-27(35)21-36-28/h1-10,21-22H,11-20,35H2,(H,37,41). The number of nitrogens with two attached hydrogens (primary N) is 1. The molecule has 6 rings (SSSR count). The van der Waals surface area contributed by atoms with Gasteiger partial charge < -0.3 is 20.9 Å². The second-order valence-corrected chi connectivity index (χ2v) is 11.7. The molecule has 2 aromatic carbocycles. The number of carbonyl (C=O) groups excluding carboxylic acids is 2. The van der Waals surface area contributed by atoms with Gasteiger partial charge >= 0.3 is 0 Å². The van der Waals surface area contributed by atoms with E-state index < -0.39 is 11.0 Å². The average molecular weight is 560 g/mol. The Balaban J connectivity index is 1.14. The number of hydrogen-bond donors (Lipinski definition) is 2. The molecule has 0 radical (unpaired) electrons. The van der Waals surface area contributed by atoms with Crippen molar-refractivity contribution in [3.05, 3.63) is 89.6 Å². The van der Waals surface area contributed by atoms with E-state index in [4.69, 9.17) is 5.73 Å². The lowest BCUT2D eigenvalue weighted by molar-refractivity contribution is -0.141.